The van der Waals surface area contributed by atoms with Gasteiger partial charge in [-0.1, -0.05) is 25.4 Å². The van der Waals surface area contributed by atoms with Crippen LogP contribution in [-0.2, 0) is 0 Å². The number of aromatic hydroxyl groups is 1. The highest BCUT2D eigenvalue weighted by molar-refractivity contribution is 6.35. The zero-order chi connectivity index (χ0) is 14.2. The fourth-order valence-corrected chi connectivity index (χ4v) is 2.49. The van der Waals surface area contributed by atoms with Gasteiger partial charge in [0.15, 0.2) is 5.65 Å². The van der Waals surface area contributed by atoms with Crippen LogP contribution in [0.4, 0.5) is 0 Å². The van der Waals surface area contributed by atoms with E-state index in [1.807, 2.05) is 13.8 Å². The number of fused-ring (bicyclic) bond motifs is 1. The Morgan fingerprint density at radius 1 is 1.53 bits per heavy atom. The number of halogens is 1. The molecule has 2 aromatic rings. The third-order valence-electron chi connectivity index (χ3n) is 3.20. The van der Waals surface area contributed by atoms with Crippen molar-refractivity contribution in [1.29, 1.82) is 0 Å². The van der Waals surface area contributed by atoms with Crippen molar-refractivity contribution in [2.45, 2.75) is 32.7 Å². The molecule has 0 saturated carbocycles. The molecule has 0 aliphatic rings. The molecule has 3 N–H and O–H groups in total. The zero-order valence-electron chi connectivity index (χ0n) is 10.7. The summed E-state index contributed by atoms with van der Waals surface area (Å²) in [6.07, 6.45) is 2.87. The average Bonchev–Trinajstić information content (AvgIpc) is 2.68. The van der Waals surface area contributed by atoms with Crippen LogP contribution in [0.15, 0.2) is 6.20 Å². The van der Waals surface area contributed by atoms with E-state index in [4.69, 9.17) is 17.3 Å². The molecule has 19 heavy (non-hydrogen) atoms. The predicted octanol–water partition coefficient (Wildman–Crippen LogP) is 2.25. The van der Waals surface area contributed by atoms with Crippen LogP contribution in [0.25, 0.3) is 11.2 Å². The van der Waals surface area contributed by atoms with Crippen LogP contribution >= 0.6 is 11.6 Å². The van der Waals surface area contributed by atoms with Crippen molar-refractivity contribution in [1.82, 2.24) is 14.5 Å². The highest BCUT2D eigenvalue weighted by Gasteiger charge is 2.23. The Kier molecular flexibility index (Phi) is 3.61. The first-order valence-electron chi connectivity index (χ1n) is 6.06. The van der Waals surface area contributed by atoms with E-state index in [2.05, 4.69) is 9.97 Å². The second kappa shape index (κ2) is 5.05. The number of carbonyl (C=O) groups excluding carboxylic acids is 1. The SMILES string of the molecule is CCC(CC)n1c(O)nc2ncc(Cl)c(C(N)=O)c21. The molecule has 0 fully saturated rings. The fourth-order valence-electron chi connectivity index (χ4n) is 2.26. The highest BCUT2D eigenvalue weighted by Crippen LogP contribution is 2.32. The van der Waals surface area contributed by atoms with E-state index >= 15 is 0 Å². The van der Waals surface area contributed by atoms with Gasteiger partial charge in [-0.05, 0) is 12.8 Å². The Morgan fingerprint density at radius 3 is 2.68 bits per heavy atom. The maximum Gasteiger partial charge on any atom is 0.296 e. The van der Waals surface area contributed by atoms with E-state index in [9.17, 15) is 9.90 Å². The Labute approximate surface area is 115 Å². The minimum absolute atomic E-state index is 0.00312. The Bertz CT molecular complexity index is 634. The van der Waals surface area contributed by atoms with Gasteiger partial charge in [-0.15, -0.1) is 0 Å². The van der Waals surface area contributed by atoms with Gasteiger partial charge >= 0.3 is 0 Å². The van der Waals surface area contributed by atoms with Gasteiger partial charge in [0, 0.05) is 12.2 Å². The minimum atomic E-state index is -0.662. The van der Waals surface area contributed by atoms with Crippen LogP contribution in [0.3, 0.4) is 0 Å². The van der Waals surface area contributed by atoms with Crippen molar-refractivity contribution in [3.63, 3.8) is 0 Å². The minimum Gasteiger partial charge on any atom is -0.480 e. The molecule has 102 valence electrons. The van der Waals surface area contributed by atoms with Gasteiger partial charge in [-0.2, -0.15) is 4.98 Å². The van der Waals surface area contributed by atoms with Gasteiger partial charge in [0.05, 0.1) is 10.6 Å². The van der Waals surface area contributed by atoms with Crippen molar-refractivity contribution in [3.8, 4) is 6.01 Å². The number of carbonyl (C=O) groups is 1. The van der Waals surface area contributed by atoms with Crippen LogP contribution < -0.4 is 5.73 Å². The normalized spacial score (nSPS) is 11.4. The van der Waals surface area contributed by atoms with E-state index in [1.165, 1.54) is 6.20 Å². The summed E-state index contributed by atoms with van der Waals surface area (Å²) in [4.78, 5) is 19.6. The number of nitrogens with zero attached hydrogens (tertiary/aromatic N) is 3. The van der Waals surface area contributed by atoms with Crippen molar-refractivity contribution < 1.29 is 9.90 Å². The number of nitrogens with two attached hydrogens (primary N) is 1. The van der Waals surface area contributed by atoms with E-state index in [1.54, 1.807) is 4.57 Å². The molecule has 0 saturated heterocycles. The van der Waals surface area contributed by atoms with Crippen LogP contribution in [0.2, 0.25) is 5.02 Å². The molecule has 2 heterocycles. The molecule has 6 nitrogen and oxygen atoms in total. The number of hydrogen-bond acceptors (Lipinski definition) is 4. The maximum atomic E-state index is 11.6. The lowest BCUT2D eigenvalue weighted by molar-refractivity contribution is 0.100. The van der Waals surface area contributed by atoms with E-state index < -0.39 is 5.91 Å². The van der Waals surface area contributed by atoms with Crippen molar-refractivity contribution >= 4 is 28.7 Å². The van der Waals surface area contributed by atoms with Gasteiger partial charge < -0.3 is 10.8 Å². The number of aromatic nitrogens is 3. The summed E-state index contributed by atoms with van der Waals surface area (Å²) >= 11 is 5.98. The number of rotatable bonds is 4. The Morgan fingerprint density at radius 2 is 2.16 bits per heavy atom. The van der Waals surface area contributed by atoms with Crippen LogP contribution in [0, 0.1) is 0 Å². The monoisotopic (exact) mass is 282 g/mol. The lowest BCUT2D eigenvalue weighted by Gasteiger charge is -2.17. The largest absolute Gasteiger partial charge is 0.480 e. The molecule has 1 amide bonds. The summed E-state index contributed by atoms with van der Waals surface area (Å²) in [5, 5.41) is 10.1. The topological polar surface area (TPSA) is 94.0 Å². The van der Waals surface area contributed by atoms with Crippen LogP contribution in [0.1, 0.15) is 43.1 Å². The lowest BCUT2D eigenvalue weighted by atomic mass is 10.1. The van der Waals surface area contributed by atoms with Gasteiger partial charge in [0.25, 0.3) is 11.9 Å². The standard InChI is InChI=1S/C12H15ClN4O2/c1-3-6(4-2)17-9-8(10(14)18)7(13)5-15-11(9)16-12(17)19/h5-6H,3-4H2,1-2H3,(H2,14,18)(H,15,16,19). The molecule has 0 atom stereocenters. The Balaban J connectivity index is 2.86. The molecule has 0 radical (unpaired) electrons. The summed E-state index contributed by atoms with van der Waals surface area (Å²) in [7, 11) is 0. The summed E-state index contributed by atoms with van der Waals surface area (Å²) in [5.41, 5.74) is 6.17. The molecule has 0 aromatic carbocycles. The number of imidazole rings is 1. The maximum absolute atomic E-state index is 11.6. The first-order valence-corrected chi connectivity index (χ1v) is 6.44. The third kappa shape index (κ3) is 2.12. The predicted molar refractivity (Wildman–Crippen MR) is 72.3 cm³/mol. The number of primary amides is 1. The third-order valence-corrected chi connectivity index (χ3v) is 3.49. The first kappa shape index (κ1) is 13.6. The summed E-state index contributed by atoms with van der Waals surface area (Å²) in [6.45, 7) is 3.97. The van der Waals surface area contributed by atoms with Crippen molar-refractivity contribution in [2.75, 3.05) is 0 Å². The quantitative estimate of drug-likeness (QED) is 0.899. The van der Waals surface area contributed by atoms with Crippen LogP contribution in [0.5, 0.6) is 6.01 Å². The molecule has 0 bridgehead atoms. The molecular weight excluding hydrogens is 268 g/mol. The molecule has 7 heteroatoms. The number of hydrogen-bond donors (Lipinski definition) is 2. The highest BCUT2D eigenvalue weighted by atomic mass is 35.5. The molecule has 2 aromatic heterocycles. The fraction of sp³-hybridized carbons (Fsp3) is 0.417. The van der Waals surface area contributed by atoms with Gasteiger partial charge in [-0.3, -0.25) is 9.36 Å². The second-order valence-electron chi connectivity index (χ2n) is 4.27. The summed E-state index contributed by atoms with van der Waals surface area (Å²) in [6, 6.07) is -0.177. The van der Waals surface area contributed by atoms with Gasteiger partial charge in [0.1, 0.15) is 5.52 Å². The molecule has 0 aliphatic carbocycles. The molecule has 0 aliphatic heterocycles. The lowest BCUT2D eigenvalue weighted by Crippen LogP contribution is -2.16. The van der Waals surface area contributed by atoms with Crippen LogP contribution in [-0.4, -0.2) is 25.5 Å². The smallest absolute Gasteiger partial charge is 0.296 e. The number of pyridine rings is 1. The van der Waals surface area contributed by atoms with E-state index in [0.29, 0.717) is 5.52 Å². The first-order chi connectivity index (χ1) is 9.01. The Hall–Kier alpha value is -1.82. The summed E-state index contributed by atoms with van der Waals surface area (Å²) in [5.74, 6) is -0.662. The van der Waals surface area contributed by atoms with Gasteiger partial charge in [-0.25, -0.2) is 4.98 Å². The van der Waals surface area contributed by atoms with E-state index in [-0.39, 0.29) is 28.3 Å². The van der Waals surface area contributed by atoms with E-state index in [0.717, 1.165) is 12.8 Å². The molecule has 0 unspecified atom stereocenters. The second-order valence-corrected chi connectivity index (χ2v) is 4.68. The number of amides is 1. The van der Waals surface area contributed by atoms with Gasteiger partial charge in [0.2, 0.25) is 0 Å². The summed E-state index contributed by atoms with van der Waals surface area (Å²) < 4.78 is 1.58. The molecule has 0 spiro atoms. The van der Waals surface area contributed by atoms with Crippen molar-refractivity contribution in [3.05, 3.63) is 16.8 Å². The van der Waals surface area contributed by atoms with Crippen molar-refractivity contribution in [2.24, 2.45) is 5.73 Å². The molecule has 2 rings (SSSR count). The average molecular weight is 283 g/mol. The zero-order valence-corrected chi connectivity index (χ0v) is 11.5. The molecular formula is C12H15ClN4O2.